The van der Waals surface area contributed by atoms with Crippen molar-refractivity contribution in [1.29, 1.82) is 0 Å². The summed E-state index contributed by atoms with van der Waals surface area (Å²) in [6, 6.07) is 4.71. The fourth-order valence-corrected chi connectivity index (χ4v) is 4.42. The summed E-state index contributed by atoms with van der Waals surface area (Å²) in [6.07, 6.45) is 3.44. The second kappa shape index (κ2) is 8.12. The lowest BCUT2D eigenvalue weighted by molar-refractivity contribution is 0.161. The maximum atomic E-state index is 13.2. The normalized spacial score (nSPS) is 13.2. The second-order valence-electron chi connectivity index (χ2n) is 6.83. The Kier molecular flexibility index (Phi) is 5.12. The molecule has 0 saturated heterocycles. The Morgan fingerprint density at radius 1 is 1.12 bits per heavy atom. The van der Waals surface area contributed by atoms with Gasteiger partial charge in [0.15, 0.2) is 22.0 Å². The number of hydrogen-bond donors (Lipinski definition) is 1. The monoisotopic (exact) mass is 474 g/mol. The molecule has 33 heavy (non-hydrogen) atoms. The van der Waals surface area contributed by atoms with Crippen LogP contribution in [0.3, 0.4) is 0 Å². The van der Waals surface area contributed by atoms with Crippen LogP contribution < -0.4 is 23.7 Å². The van der Waals surface area contributed by atoms with Gasteiger partial charge in [-0.3, -0.25) is 9.40 Å². The molecule has 1 aliphatic heterocycles. The summed E-state index contributed by atoms with van der Waals surface area (Å²) in [7, 11) is -1.50. The molecule has 5 heterocycles. The predicted octanol–water partition coefficient (Wildman–Crippen LogP) is 1.45. The number of rotatable bonds is 7. The van der Waals surface area contributed by atoms with Crippen LogP contribution >= 0.6 is 0 Å². The van der Waals surface area contributed by atoms with Gasteiger partial charge in [0.2, 0.25) is 11.8 Å². The summed E-state index contributed by atoms with van der Waals surface area (Å²) in [5.74, 6) is 0.221. The van der Waals surface area contributed by atoms with Crippen LogP contribution in [0.25, 0.3) is 11.0 Å². The van der Waals surface area contributed by atoms with Crippen LogP contribution in [0.15, 0.2) is 40.0 Å². The molecule has 1 N–H and O–H groups in total. The van der Waals surface area contributed by atoms with Gasteiger partial charge in [0.05, 0.1) is 26.5 Å². The van der Waals surface area contributed by atoms with Crippen LogP contribution in [0.2, 0.25) is 0 Å². The van der Waals surface area contributed by atoms with Gasteiger partial charge in [-0.05, 0) is 6.07 Å². The molecule has 0 aromatic carbocycles. The van der Waals surface area contributed by atoms with Crippen molar-refractivity contribution >= 4 is 26.8 Å². The number of ether oxygens (including phenoxy) is 4. The third-order valence-corrected chi connectivity index (χ3v) is 6.07. The minimum atomic E-state index is -4.22. The standard InChI is InChI=1S/C19H18N6O7S/c1-28-18-14(9-13-17(22-18)31-7-6-30-13)33(26,27)24-16-15-12(32-23-16)8-11(21-19(15)29-2)10-25-5-3-4-20-25/h3-5,8-9H,6-7,10H2,1-2H3,(H,23,24). The molecule has 4 aromatic rings. The number of nitrogens with one attached hydrogen (secondary N) is 1. The van der Waals surface area contributed by atoms with Gasteiger partial charge in [0.1, 0.15) is 18.6 Å². The van der Waals surface area contributed by atoms with Gasteiger partial charge in [-0.15, -0.1) is 0 Å². The maximum absolute atomic E-state index is 13.2. The van der Waals surface area contributed by atoms with Crippen molar-refractivity contribution in [3.63, 3.8) is 0 Å². The predicted molar refractivity (Wildman–Crippen MR) is 112 cm³/mol. The topological polar surface area (TPSA) is 153 Å². The van der Waals surface area contributed by atoms with E-state index in [2.05, 4.69) is 24.9 Å². The second-order valence-corrected chi connectivity index (χ2v) is 8.48. The van der Waals surface area contributed by atoms with E-state index in [4.69, 9.17) is 23.5 Å². The maximum Gasteiger partial charge on any atom is 0.268 e. The Labute approximate surface area is 187 Å². The number of hydrogen-bond acceptors (Lipinski definition) is 11. The highest BCUT2D eigenvalue weighted by Crippen LogP contribution is 2.37. The SMILES string of the molecule is COc1nc2c(cc1S(=O)(=O)Nc1noc3cc(Cn4cccn4)nc(OC)c13)OCCO2. The Morgan fingerprint density at radius 3 is 2.70 bits per heavy atom. The van der Waals surface area contributed by atoms with Gasteiger partial charge in [-0.1, -0.05) is 5.16 Å². The molecule has 14 heteroatoms. The highest BCUT2D eigenvalue weighted by molar-refractivity contribution is 7.92. The van der Waals surface area contributed by atoms with Crippen LogP contribution in [-0.4, -0.2) is 60.8 Å². The number of anilines is 1. The van der Waals surface area contributed by atoms with Crippen LogP contribution in [0.5, 0.6) is 23.4 Å². The zero-order valence-corrected chi connectivity index (χ0v) is 18.3. The summed E-state index contributed by atoms with van der Waals surface area (Å²) in [5.41, 5.74) is 0.875. The molecule has 0 atom stereocenters. The Hall–Kier alpha value is -4.07. The number of fused-ring (bicyclic) bond motifs is 2. The van der Waals surface area contributed by atoms with Crippen LogP contribution in [0.1, 0.15) is 5.69 Å². The fourth-order valence-electron chi connectivity index (χ4n) is 3.30. The van der Waals surface area contributed by atoms with Crippen molar-refractivity contribution in [1.82, 2.24) is 24.9 Å². The van der Waals surface area contributed by atoms with Crippen molar-refractivity contribution in [3.8, 4) is 23.4 Å². The van der Waals surface area contributed by atoms with E-state index in [0.717, 1.165) is 0 Å². The van der Waals surface area contributed by atoms with Crippen molar-refractivity contribution in [2.24, 2.45) is 0 Å². The van der Waals surface area contributed by atoms with Gasteiger partial charge in [-0.2, -0.15) is 10.1 Å². The van der Waals surface area contributed by atoms with E-state index < -0.39 is 10.0 Å². The number of sulfonamides is 1. The van der Waals surface area contributed by atoms with Crippen LogP contribution in [0, 0.1) is 0 Å². The summed E-state index contributed by atoms with van der Waals surface area (Å²) in [6.45, 7) is 0.931. The quantitative estimate of drug-likeness (QED) is 0.414. The number of nitrogens with zero attached hydrogens (tertiary/aromatic N) is 5. The molecule has 0 radical (unpaired) electrons. The lowest BCUT2D eigenvalue weighted by Gasteiger charge is -2.19. The first kappa shape index (κ1) is 20.8. The third kappa shape index (κ3) is 3.84. The van der Waals surface area contributed by atoms with E-state index in [1.807, 2.05) is 0 Å². The van der Waals surface area contributed by atoms with Gasteiger partial charge in [0.25, 0.3) is 15.9 Å². The molecule has 0 saturated carbocycles. The summed E-state index contributed by atoms with van der Waals surface area (Å²) in [5, 5.41) is 8.27. The minimum Gasteiger partial charge on any atom is -0.484 e. The van der Waals surface area contributed by atoms with E-state index in [9.17, 15) is 8.42 Å². The van der Waals surface area contributed by atoms with Crippen molar-refractivity contribution in [3.05, 3.63) is 36.3 Å². The minimum absolute atomic E-state index is 0.100. The largest absolute Gasteiger partial charge is 0.484 e. The molecule has 13 nitrogen and oxygen atoms in total. The molecule has 5 rings (SSSR count). The van der Waals surface area contributed by atoms with E-state index in [-0.39, 0.29) is 51.7 Å². The first-order valence-electron chi connectivity index (χ1n) is 9.66. The Balaban J connectivity index is 1.52. The fraction of sp³-hybridized carbons (Fsp3) is 0.263. The van der Waals surface area contributed by atoms with Gasteiger partial charge < -0.3 is 23.5 Å². The lowest BCUT2D eigenvalue weighted by atomic mass is 10.2. The Bertz CT molecular complexity index is 1420. The van der Waals surface area contributed by atoms with E-state index in [1.165, 1.54) is 20.3 Å². The molecule has 4 aromatic heterocycles. The average Bonchev–Trinajstić information content (AvgIpc) is 3.47. The first-order chi connectivity index (χ1) is 16.0. The molecule has 0 amide bonds. The molecular formula is C19H18N6O7S. The first-order valence-corrected chi connectivity index (χ1v) is 11.1. The smallest absolute Gasteiger partial charge is 0.268 e. The van der Waals surface area contributed by atoms with Crippen molar-refractivity contribution in [2.75, 3.05) is 32.2 Å². The van der Waals surface area contributed by atoms with Gasteiger partial charge in [0, 0.05) is 24.5 Å². The molecule has 0 spiro atoms. The highest BCUT2D eigenvalue weighted by Gasteiger charge is 2.29. The van der Waals surface area contributed by atoms with E-state index >= 15 is 0 Å². The van der Waals surface area contributed by atoms with Gasteiger partial charge >= 0.3 is 0 Å². The zero-order valence-electron chi connectivity index (χ0n) is 17.5. The van der Waals surface area contributed by atoms with Crippen LogP contribution in [0.4, 0.5) is 5.82 Å². The van der Waals surface area contributed by atoms with E-state index in [1.54, 1.807) is 29.2 Å². The lowest BCUT2D eigenvalue weighted by Crippen LogP contribution is -2.19. The molecule has 1 aliphatic rings. The average molecular weight is 474 g/mol. The summed E-state index contributed by atoms with van der Waals surface area (Å²) in [4.78, 5) is 8.27. The molecule has 0 fully saturated rings. The number of methoxy groups -OCH3 is 2. The molecule has 0 unspecified atom stereocenters. The number of pyridine rings is 2. The van der Waals surface area contributed by atoms with Crippen molar-refractivity contribution in [2.45, 2.75) is 11.4 Å². The zero-order chi connectivity index (χ0) is 23.0. The van der Waals surface area contributed by atoms with Crippen LogP contribution in [-0.2, 0) is 16.6 Å². The van der Waals surface area contributed by atoms with Crippen molar-refractivity contribution < 1.29 is 31.9 Å². The summed E-state index contributed by atoms with van der Waals surface area (Å²) < 4.78 is 57.2. The highest BCUT2D eigenvalue weighted by atomic mass is 32.2. The van der Waals surface area contributed by atoms with Gasteiger partial charge in [-0.25, -0.2) is 13.4 Å². The molecule has 0 aliphatic carbocycles. The van der Waals surface area contributed by atoms with E-state index in [0.29, 0.717) is 18.8 Å². The molecular weight excluding hydrogens is 456 g/mol. The molecule has 172 valence electrons. The Morgan fingerprint density at radius 2 is 1.94 bits per heavy atom. The summed E-state index contributed by atoms with van der Waals surface area (Å²) >= 11 is 0. The third-order valence-electron chi connectivity index (χ3n) is 4.73. The number of aromatic nitrogens is 5. The molecule has 0 bridgehead atoms.